The highest BCUT2D eigenvalue weighted by Gasteiger charge is 2.44. The van der Waals surface area contributed by atoms with Crippen LogP contribution in [-0.2, 0) is 12.6 Å². The molecule has 1 unspecified atom stereocenters. The van der Waals surface area contributed by atoms with E-state index in [1.807, 2.05) is 36.4 Å². The van der Waals surface area contributed by atoms with E-state index in [-0.39, 0.29) is 12.1 Å². The van der Waals surface area contributed by atoms with Crippen LogP contribution in [0, 0.1) is 11.3 Å². The number of carbonyl (C=O) groups excluding carboxylic acids is 1. The number of nitrogens with zero attached hydrogens (tertiary/aromatic N) is 2. The molecule has 6 heteroatoms. The summed E-state index contributed by atoms with van der Waals surface area (Å²) in [5.74, 6) is -0.736. The van der Waals surface area contributed by atoms with Crippen molar-refractivity contribution in [3.8, 4) is 6.07 Å². The summed E-state index contributed by atoms with van der Waals surface area (Å²) >= 11 is 0. The molecule has 3 rings (SSSR count). The Morgan fingerprint density at radius 1 is 1.08 bits per heavy atom. The van der Waals surface area contributed by atoms with Gasteiger partial charge in [0.15, 0.2) is 0 Å². The van der Waals surface area contributed by atoms with E-state index in [1.54, 1.807) is 0 Å². The van der Waals surface area contributed by atoms with E-state index in [1.165, 1.54) is 17.0 Å². The molecule has 1 amide bonds. The van der Waals surface area contributed by atoms with Crippen LogP contribution in [0.25, 0.3) is 0 Å². The molecule has 0 saturated carbocycles. The Kier molecular flexibility index (Phi) is 4.02. The zero-order valence-electron chi connectivity index (χ0n) is 12.5. The molecule has 1 heterocycles. The van der Waals surface area contributed by atoms with Crippen molar-refractivity contribution in [3.05, 3.63) is 70.8 Å². The fourth-order valence-electron chi connectivity index (χ4n) is 2.97. The standard InChI is InChI=1S/C18H13F3N2O/c19-18(20,21)14-8-4-7-13-15(11-22)23(17(24)16(13)14)10-9-12-5-2-1-3-6-12/h1-8,15H,9-10H2. The third kappa shape index (κ3) is 2.73. The van der Waals surface area contributed by atoms with Gasteiger partial charge < -0.3 is 4.90 Å². The number of carbonyl (C=O) groups is 1. The van der Waals surface area contributed by atoms with E-state index in [0.717, 1.165) is 11.6 Å². The fraction of sp³-hybridized carbons (Fsp3) is 0.222. The minimum atomic E-state index is -4.63. The van der Waals surface area contributed by atoms with E-state index in [2.05, 4.69) is 0 Å². The summed E-state index contributed by atoms with van der Waals surface area (Å²) in [4.78, 5) is 13.7. The highest BCUT2D eigenvalue weighted by molar-refractivity contribution is 6.01. The van der Waals surface area contributed by atoms with Gasteiger partial charge >= 0.3 is 6.18 Å². The van der Waals surface area contributed by atoms with Gasteiger partial charge in [-0.05, 0) is 18.1 Å². The maximum absolute atomic E-state index is 13.2. The second-order valence-electron chi connectivity index (χ2n) is 5.53. The zero-order chi connectivity index (χ0) is 17.3. The molecule has 0 saturated heterocycles. The highest BCUT2D eigenvalue weighted by Crippen LogP contribution is 2.41. The molecule has 0 fully saturated rings. The van der Waals surface area contributed by atoms with Crippen molar-refractivity contribution in [2.24, 2.45) is 0 Å². The number of rotatable bonds is 3. The van der Waals surface area contributed by atoms with E-state index in [4.69, 9.17) is 0 Å². The van der Waals surface area contributed by atoms with Gasteiger partial charge in [-0.25, -0.2) is 0 Å². The van der Waals surface area contributed by atoms with Gasteiger partial charge in [-0.1, -0.05) is 42.5 Å². The normalized spacial score (nSPS) is 16.8. The van der Waals surface area contributed by atoms with E-state index in [0.29, 0.717) is 6.42 Å². The Balaban J connectivity index is 1.93. The highest BCUT2D eigenvalue weighted by atomic mass is 19.4. The van der Waals surface area contributed by atoms with Crippen molar-refractivity contribution in [1.29, 1.82) is 5.26 Å². The van der Waals surface area contributed by atoms with Gasteiger partial charge in [-0.2, -0.15) is 18.4 Å². The second-order valence-corrected chi connectivity index (χ2v) is 5.53. The zero-order valence-corrected chi connectivity index (χ0v) is 12.5. The summed E-state index contributed by atoms with van der Waals surface area (Å²) in [5.41, 5.74) is -0.295. The van der Waals surface area contributed by atoms with Crippen molar-refractivity contribution in [3.63, 3.8) is 0 Å². The Bertz CT molecular complexity index is 809. The molecule has 0 N–H and O–H groups in total. The summed E-state index contributed by atoms with van der Waals surface area (Å²) in [6.07, 6.45) is -4.16. The fourth-order valence-corrected chi connectivity index (χ4v) is 2.97. The Morgan fingerprint density at radius 3 is 2.42 bits per heavy atom. The van der Waals surface area contributed by atoms with Gasteiger partial charge in [0.25, 0.3) is 5.91 Å². The van der Waals surface area contributed by atoms with Crippen molar-refractivity contribution in [2.45, 2.75) is 18.6 Å². The van der Waals surface area contributed by atoms with Gasteiger partial charge in [0, 0.05) is 12.1 Å². The van der Waals surface area contributed by atoms with Crippen LogP contribution >= 0.6 is 0 Å². The lowest BCUT2D eigenvalue weighted by molar-refractivity contribution is -0.137. The maximum atomic E-state index is 13.2. The summed E-state index contributed by atoms with van der Waals surface area (Å²) in [5, 5.41) is 9.37. The molecular weight excluding hydrogens is 317 g/mol. The first-order valence-electron chi connectivity index (χ1n) is 7.38. The first-order valence-corrected chi connectivity index (χ1v) is 7.38. The molecule has 0 aliphatic carbocycles. The van der Waals surface area contributed by atoms with Crippen LogP contribution < -0.4 is 0 Å². The van der Waals surface area contributed by atoms with Crippen molar-refractivity contribution in [1.82, 2.24) is 4.90 Å². The molecule has 2 aromatic rings. The average molecular weight is 330 g/mol. The monoisotopic (exact) mass is 330 g/mol. The summed E-state index contributed by atoms with van der Waals surface area (Å²) in [6, 6.07) is 13.8. The van der Waals surface area contributed by atoms with Gasteiger partial charge in [-0.15, -0.1) is 0 Å². The second kappa shape index (κ2) is 6.00. The first-order chi connectivity index (χ1) is 11.4. The third-order valence-corrected chi connectivity index (χ3v) is 4.09. The van der Waals surface area contributed by atoms with Crippen molar-refractivity contribution in [2.75, 3.05) is 6.54 Å². The minimum absolute atomic E-state index is 0.130. The van der Waals surface area contributed by atoms with Crippen LogP contribution in [0.1, 0.15) is 33.1 Å². The van der Waals surface area contributed by atoms with Crippen LogP contribution in [0.3, 0.4) is 0 Å². The minimum Gasteiger partial charge on any atom is -0.318 e. The number of hydrogen-bond donors (Lipinski definition) is 0. The molecule has 1 aliphatic rings. The molecule has 0 bridgehead atoms. The number of hydrogen-bond acceptors (Lipinski definition) is 2. The average Bonchev–Trinajstić information content (AvgIpc) is 2.84. The summed E-state index contributed by atoms with van der Waals surface area (Å²) in [6.45, 7) is 0.188. The molecule has 0 radical (unpaired) electrons. The van der Waals surface area contributed by atoms with E-state index in [9.17, 15) is 23.2 Å². The van der Waals surface area contributed by atoms with Gasteiger partial charge in [0.1, 0.15) is 6.04 Å². The molecule has 1 atom stereocenters. The first kappa shape index (κ1) is 16.1. The predicted octanol–water partition coefficient (Wildman–Crippen LogP) is 3.97. The van der Waals surface area contributed by atoms with Gasteiger partial charge in [-0.3, -0.25) is 4.79 Å². The Hall–Kier alpha value is -2.81. The van der Waals surface area contributed by atoms with Crippen molar-refractivity contribution >= 4 is 5.91 Å². The number of halogens is 3. The van der Waals surface area contributed by atoms with Crippen LogP contribution in [0.5, 0.6) is 0 Å². The lowest BCUT2D eigenvalue weighted by atomic mass is 10.00. The summed E-state index contributed by atoms with van der Waals surface area (Å²) < 4.78 is 39.5. The topological polar surface area (TPSA) is 44.1 Å². The van der Waals surface area contributed by atoms with Crippen LogP contribution in [0.4, 0.5) is 13.2 Å². The molecular formula is C18H13F3N2O. The lowest BCUT2D eigenvalue weighted by Gasteiger charge is -2.20. The third-order valence-electron chi connectivity index (χ3n) is 4.09. The number of amides is 1. The lowest BCUT2D eigenvalue weighted by Crippen LogP contribution is -2.30. The molecule has 24 heavy (non-hydrogen) atoms. The molecule has 0 spiro atoms. The largest absolute Gasteiger partial charge is 0.417 e. The number of benzene rings is 2. The quantitative estimate of drug-likeness (QED) is 0.855. The van der Waals surface area contributed by atoms with Crippen LogP contribution in [0.2, 0.25) is 0 Å². The molecule has 0 aromatic heterocycles. The summed E-state index contributed by atoms with van der Waals surface area (Å²) in [7, 11) is 0. The van der Waals surface area contributed by atoms with Gasteiger partial charge in [0.2, 0.25) is 0 Å². The SMILES string of the molecule is N#CC1c2cccc(C(F)(F)F)c2C(=O)N1CCc1ccccc1. The smallest absolute Gasteiger partial charge is 0.318 e. The van der Waals surface area contributed by atoms with Crippen LogP contribution in [-0.4, -0.2) is 17.4 Å². The molecule has 122 valence electrons. The number of nitriles is 1. The molecule has 3 nitrogen and oxygen atoms in total. The Labute approximate surface area is 136 Å². The Morgan fingerprint density at radius 2 is 1.79 bits per heavy atom. The predicted molar refractivity (Wildman–Crippen MR) is 81.0 cm³/mol. The van der Waals surface area contributed by atoms with Gasteiger partial charge in [0.05, 0.1) is 17.2 Å². The number of fused-ring (bicyclic) bond motifs is 1. The van der Waals surface area contributed by atoms with E-state index >= 15 is 0 Å². The number of alkyl halides is 3. The van der Waals surface area contributed by atoms with Crippen molar-refractivity contribution < 1.29 is 18.0 Å². The van der Waals surface area contributed by atoms with Crippen LogP contribution in [0.15, 0.2) is 48.5 Å². The molecule has 1 aliphatic heterocycles. The van der Waals surface area contributed by atoms with E-state index < -0.39 is 29.3 Å². The molecule has 2 aromatic carbocycles. The maximum Gasteiger partial charge on any atom is 0.417 e.